The molecule has 3 aliphatic rings. The predicted octanol–water partition coefficient (Wildman–Crippen LogP) is 4.47. The van der Waals surface area contributed by atoms with Crippen molar-refractivity contribution in [2.75, 3.05) is 7.11 Å². The SMILES string of the molecule is C#C[C@]1(O)CC[C@H]2[C@]3(C=C)CCc4cc(OC)ccc4[C@H]3CC[C@@]21C. The minimum Gasteiger partial charge on any atom is -0.497 e. The summed E-state index contributed by atoms with van der Waals surface area (Å²) in [6.07, 6.45) is 13.8. The predicted molar refractivity (Wildman–Crippen MR) is 101 cm³/mol. The number of rotatable bonds is 2. The van der Waals surface area contributed by atoms with E-state index >= 15 is 0 Å². The maximum atomic E-state index is 11.1. The summed E-state index contributed by atoms with van der Waals surface area (Å²) in [5, 5.41) is 11.1. The fraction of sp³-hybridized carbons (Fsp3) is 0.565. The number of benzene rings is 1. The van der Waals surface area contributed by atoms with Crippen LogP contribution in [0.15, 0.2) is 30.9 Å². The van der Waals surface area contributed by atoms with Crippen molar-refractivity contribution >= 4 is 0 Å². The highest BCUT2D eigenvalue weighted by atomic mass is 16.5. The van der Waals surface area contributed by atoms with Crippen LogP contribution in [0.3, 0.4) is 0 Å². The number of hydrogen-bond donors (Lipinski definition) is 1. The summed E-state index contributed by atoms with van der Waals surface area (Å²) in [4.78, 5) is 0. The molecule has 0 bridgehead atoms. The maximum absolute atomic E-state index is 11.1. The topological polar surface area (TPSA) is 29.5 Å². The van der Waals surface area contributed by atoms with Crippen LogP contribution in [-0.2, 0) is 6.42 Å². The summed E-state index contributed by atoms with van der Waals surface area (Å²) < 4.78 is 5.42. The van der Waals surface area contributed by atoms with Crippen LogP contribution in [0.25, 0.3) is 0 Å². The zero-order valence-corrected chi connectivity index (χ0v) is 15.3. The Kier molecular flexibility index (Phi) is 3.61. The van der Waals surface area contributed by atoms with Crippen molar-refractivity contribution in [3.8, 4) is 18.1 Å². The average molecular weight is 336 g/mol. The lowest BCUT2D eigenvalue weighted by Crippen LogP contribution is -2.54. The van der Waals surface area contributed by atoms with Crippen LogP contribution in [0.4, 0.5) is 0 Å². The average Bonchev–Trinajstić information content (AvgIpc) is 2.93. The van der Waals surface area contributed by atoms with Crippen LogP contribution in [0, 0.1) is 29.1 Å². The van der Waals surface area contributed by atoms with Crippen molar-refractivity contribution in [1.29, 1.82) is 0 Å². The number of allylic oxidation sites excluding steroid dienone is 1. The molecule has 0 radical (unpaired) electrons. The Hall–Kier alpha value is -1.72. The van der Waals surface area contributed by atoms with Gasteiger partial charge in [-0.05, 0) is 79.0 Å². The Morgan fingerprint density at radius 2 is 2.12 bits per heavy atom. The van der Waals surface area contributed by atoms with Gasteiger partial charge in [-0.15, -0.1) is 13.0 Å². The number of fused-ring (bicyclic) bond motifs is 5. The largest absolute Gasteiger partial charge is 0.497 e. The van der Waals surface area contributed by atoms with Gasteiger partial charge in [-0.2, -0.15) is 0 Å². The van der Waals surface area contributed by atoms with Gasteiger partial charge in [0.05, 0.1) is 7.11 Å². The molecule has 0 saturated heterocycles. The third-order valence-electron chi connectivity index (χ3n) is 7.93. The molecule has 1 N–H and O–H groups in total. The number of aryl methyl sites for hydroxylation is 1. The summed E-state index contributed by atoms with van der Waals surface area (Å²) in [6.45, 7) is 6.49. The first-order valence-corrected chi connectivity index (χ1v) is 9.45. The molecule has 2 heteroatoms. The smallest absolute Gasteiger partial charge is 0.130 e. The molecule has 2 saturated carbocycles. The molecule has 1 aromatic rings. The first-order chi connectivity index (χ1) is 11.9. The highest BCUT2D eigenvalue weighted by Crippen LogP contribution is 2.69. The number of hydrogen-bond acceptors (Lipinski definition) is 2. The van der Waals surface area contributed by atoms with Gasteiger partial charge >= 0.3 is 0 Å². The molecule has 0 unspecified atom stereocenters. The zero-order valence-electron chi connectivity index (χ0n) is 15.3. The Balaban J connectivity index is 1.81. The van der Waals surface area contributed by atoms with E-state index in [-0.39, 0.29) is 10.8 Å². The van der Waals surface area contributed by atoms with Gasteiger partial charge in [-0.25, -0.2) is 0 Å². The van der Waals surface area contributed by atoms with E-state index in [0.717, 1.165) is 37.9 Å². The van der Waals surface area contributed by atoms with Crippen LogP contribution < -0.4 is 4.74 Å². The summed E-state index contributed by atoms with van der Waals surface area (Å²) in [7, 11) is 1.73. The molecule has 4 rings (SSSR count). The first kappa shape index (κ1) is 16.7. The van der Waals surface area contributed by atoms with Gasteiger partial charge in [0, 0.05) is 5.41 Å². The lowest BCUT2D eigenvalue weighted by atomic mass is 9.46. The second-order valence-corrected chi connectivity index (χ2v) is 8.49. The van der Waals surface area contributed by atoms with Crippen molar-refractivity contribution in [2.45, 2.75) is 57.0 Å². The third kappa shape index (κ3) is 1.97. The highest BCUT2D eigenvalue weighted by molar-refractivity contribution is 5.44. The van der Waals surface area contributed by atoms with Crippen LogP contribution in [0.5, 0.6) is 5.75 Å². The Bertz CT molecular complexity index is 760. The minimum atomic E-state index is -0.973. The molecule has 0 aromatic heterocycles. The van der Waals surface area contributed by atoms with E-state index in [0.29, 0.717) is 18.3 Å². The van der Waals surface area contributed by atoms with Gasteiger partial charge in [0.2, 0.25) is 0 Å². The van der Waals surface area contributed by atoms with E-state index in [1.165, 1.54) is 11.1 Å². The Morgan fingerprint density at radius 1 is 1.32 bits per heavy atom. The van der Waals surface area contributed by atoms with Crippen molar-refractivity contribution < 1.29 is 9.84 Å². The van der Waals surface area contributed by atoms with Gasteiger partial charge in [0.25, 0.3) is 0 Å². The molecular weight excluding hydrogens is 308 g/mol. The van der Waals surface area contributed by atoms with Gasteiger partial charge in [-0.3, -0.25) is 0 Å². The van der Waals surface area contributed by atoms with Crippen molar-refractivity contribution in [1.82, 2.24) is 0 Å². The van der Waals surface area contributed by atoms with E-state index in [4.69, 9.17) is 11.2 Å². The molecule has 25 heavy (non-hydrogen) atoms. The number of aliphatic hydroxyl groups is 1. The second kappa shape index (κ2) is 5.39. The molecule has 0 aliphatic heterocycles. The van der Waals surface area contributed by atoms with E-state index in [1.54, 1.807) is 7.11 Å². The van der Waals surface area contributed by atoms with Gasteiger partial charge in [-0.1, -0.05) is 25.0 Å². The Labute approximate surface area is 151 Å². The Morgan fingerprint density at radius 3 is 2.80 bits per heavy atom. The third-order valence-corrected chi connectivity index (χ3v) is 7.93. The molecule has 3 aliphatic carbocycles. The molecule has 0 amide bonds. The summed E-state index contributed by atoms with van der Waals surface area (Å²) >= 11 is 0. The van der Waals surface area contributed by atoms with E-state index in [1.807, 2.05) is 0 Å². The van der Waals surface area contributed by atoms with E-state index < -0.39 is 5.60 Å². The lowest BCUT2D eigenvalue weighted by molar-refractivity contribution is -0.0864. The van der Waals surface area contributed by atoms with Crippen LogP contribution >= 0.6 is 0 Å². The number of methoxy groups -OCH3 is 1. The number of ether oxygens (including phenoxy) is 1. The molecular formula is C23H28O2. The van der Waals surface area contributed by atoms with Crippen molar-refractivity contribution in [2.24, 2.45) is 16.7 Å². The van der Waals surface area contributed by atoms with Gasteiger partial charge in [0.15, 0.2) is 0 Å². The van der Waals surface area contributed by atoms with Crippen LogP contribution in [0.1, 0.15) is 56.1 Å². The highest BCUT2D eigenvalue weighted by Gasteiger charge is 2.65. The van der Waals surface area contributed by atoms with Crippen molar-refractivity contribution in [3.63, 3.8) is 0 Å². The minimum absolute atomic E-state index is 0.0376. The molecule has 1 aromatic carbocycles. The maximum Gasteiger partial charge on any atom is 0.130 e. The lowest BCUT2D eigenvalue weighted by Gasteiger charge is -2.58. The zero-order chi connectivity index (χ0) is 17.9. The van der Waals surface area contributed by atoms with E-state index in [2.05, 4.69) is 43.7 Å². The summed E-state index contributed by atoms with van der Waals surface area (Å²) in [5.74, 6) is 4.56. The molecule has 132 valence electrons. The molecule has 0 heterocycles. The first-order valence-electron chi connectivity index (χ1n) is 9.45. The fourth-order valence-corrected chi connectivity index (χ4v) is 6.48. The standard InChI is InChI=1S/C23H28O2/c1-5-22-13-9-16-15-17(25-4)7-8-18(16)19(22)10-12-21(3)20(22)11-14-23(21,24)6-2/h2,5,7-8,15,19-20,24H,1,9-14H2,3-4H3/t19-,20-,21+,22-,23+/m1/s1. The normalized spacial score (nSPS) is 41.8. The summed E-state index contributed by atoms with van der Waals surface area (Å²) in [5.41, 5.74) is 1.71. The van der Waals surface area contributed by atoms with Gasteiger partial charge < -0.3 is 9.84 Å². The van der Waals surface area contributed by atoms with E-state index in [9.17, 15) is 5.11 Å². The quantitative estimate of drug-likeness (QED) is 0.638. The molecule has 5 atom stereocenters. The fourth-order valence-electron chi connectivity index (χ4n) is 6.48. The van der Waals surface area contributed by atoms with Crippen molar-refractivity contribution in [3.05, 3.63) is 42.0 Å². The second-order valence-electron chi connectivity index (χ2n) is 8.49. The molecule has 0 spiro atoms. The monoisotopic (exact) mass is 336 g/mol. The van der Waals surface area contributed by atoms with Crippen LogP contribution in [-0.4, -0.2) is 17.8 Å². The summed E-state index contributed by atoms with van der Waals surface area (Å²) in [6, 6.07) is 6.53. The van der Waals surface area contributed by atoms with Gasteiger partial charge in [0.1, 0.15) is 11.4 Å². The van der Waals surface area contributed by atoms with Crippen LogP contribution in [0.2, 0.25) is 0 Å². The number of terminal acetylenes is 1. The molecule has 2 nitrogen and oxygen atoms in total. The molecule has 2 fully saturated rings.